The Bertz CT molecular complexity index is 551. The first-order valence-electron chi connectivity index (χ1n) is 5.77. The van der Waals surface area contributed by atoms with Gasteiger partial charge in [-0.2, -0.15) is 5.10 Å². The van der Waals surface area contributed by atoms with Crippen molar-refractivity contribution < 1.29 is 9.53 Å². The number of carbonyl (C=O) groups excluding carboxylic acids is 1. The van der Waals surface area contributed by atoms with Crippen molar-refractivity contribution in [1.82, 2.24) is 14.8 Å². The van der Waals surface area contributed by atoms with Gasteiger partial charge in [-0.15, -0.1) is 0 Å². The molecular formula is C12H17N3O2. The molecule has 92 valence electrons. The minimum Gasteiger partial charge on any atom is -0.461 e. The molecule has 0 aromatic carbocycles. The summed E-state index contributed by atoms with van der Waals surface area (Å²) in [4.78, 5) is 14.7. The van der Waals surface area contributed by atoms with E-state index in [-0.39, 0.29) is 5.97 Å². The zero-order valence-electron chi connectivity index (χ0n) is 10.6. The molecule has 0 amide bonds. The van der Waals surface area contributed by atoms with Crippen molar-refractivity contribution in [3.63, 3.8) is 0 Å². The average Bonchev–Trinajstić information content (AvgIpc) is 2.73. The van der Waals surface area contributed by atoms with Crippen LogP contribution in [0.5, 0.6) is 0 Å². The maximum absolute atomic E-state index is 11.6. The van der Waals surface area contributed by atoms with E-state index in [1.54, 1.807) is 13.0 Å². The number of carbonyl (C=O) groups is 1. The van der Waals surface area contributed by atoms with E-state index < -0.39 is 0 Å². The van der Waals surface area contributed by atoms with Gasteiger partial charge < -0.3 is 9.72 Å². The average molecular weight is 235 g/mol. The third-order valence-electron chi connectivity index (χ3n) is 2.70. The van der Waals surface area contributed by atoms with E-state index in [1.165, 1.54) is 0 Å². The second kappa shape index (κ2) is 4.24. The normalized spacial score (nSPS) is 11.4. The van der Waals surface area contributed by atoms with Crippen molar-refractivity contribution >= 4 is 17.0 Å². The molecule has 0 bridgehead atoms. The van der Waals surface area contributed by atoms with Crippen molar-refractivity contribution in [3.8, 4) is 0 Å². The van der Waals surface area contributed by atoms with Crippen LogP contribution < -0.4 is 0 Å². The summed E-state index contributed by atoms with van der Waals surface area (Å²) in [6.45, 7) is 6.36. The summed E-state index contributed by atoms with van der Waals surface area (Å²) in [5, 5.41) is 4.38. The number of ether oxygens (including phenoxy) is 1. The fourth-order valence-electron chi connectivity index (χ4n) is 2.08. The molecule has 17 heavy (non-hydrogen) atoms. The lowest BCUT2D eigenvalue weighted by Gasteiger charge is -2.05. The molecule has 2 heterocycles. The van der Waals surface area contributed by atoms with Gasteiger partial charge in [-0.3, -0.25) is 4.68 Å². The quantitative estimate of drug-likeness (QED) is 0.830. The number of rotatable bonds is 3. The number of aromatic nitrogens is 3. The number of H-pyrrole nitrogens is 1. The lowest BCUT2D eigenvalue weighted by atomic mass is 10.1. The van der Waals surface area contributed by atoms with E-state index in [9.17, 15) is 4.79 Å². The van der Waals surface area contributed by atoms with E-state index in [1.807, 2.05) is 11.7 Å². The first-order chi connectivity index (χ1) is 8.04. The molecule has 2 rings (SSSR count). The SMILES string of the molecule is CCOC(=O)c1cc2nn(C)c(C(C)C)c2[nH]1. The van der Waals surface area contributed by atoms with Crippen molar-refractivity contribution in [2.75, 3.05) is 6.61 Å². The molecule has 1 N–H and O–H groups in total. The highest BCUT2D eigenvalue weighted by Gasteiger charge is 2.18. The Morgan fingerprint density at radius 2 is 2.29 bits per heavy atom. The van der Waals surface area contributed by atoms with Gasteiger partial charge >= 0.3 is 5.97 Å². The molecule has 0 saturated heterocycles. The Morgan fingerprint density at radius 1 is 1.59 bits per heavy atom. The molecule has 0 spiro atoms. The molecule has 0 fully saturated rings. The van der Waals surface area contributed by atoms with Crippen molar-refractivity contribution in [3.05, 3.63) is 17.5 Å². The maximum atomic E-state index is 11.6. The first kappa shape index (κ1) is 11.7. The number of fused-ring (bicyclic) bond motifs is 1. The molecule has 0 radical (unpaired) electrons. The summed E-state index contributed by atoms with van der Waals surface area (Å²) in [7, 11) is 1.91. The number of nitrogens with zero attached hydrogens (tertiary/aromatic N) is 2. The highest BCUT2D eigenvalue weighted by molar-refractivity contribution is 5.94. The third kappa shape index (κ3) is 1.92. The predicted octanol–water partition coefficient (Wildman–Crippen LogP) is 2.20. The van der Waals surface area contributed by atoms with Crippen LogP contribution in [0.3, 0.4) is 0 Å². The molecular weight excluding hydrogens is 218 g/mol. The summed E-state index contributed by atoms with van der Waals surface area (Å²) >= 11 is 0. The van der Waals surface area contributed by atoms with Gasteiger partial charge in [-0.05, 0) is 18.9 Å². The summed E-state index contributed by atoms with van der Waals surface area (Å²) in [6, 6.07) is 1.74. The summed E-state index contributed by atoms with van der Waals surface area (Å²) in [5.41, 5.74) is 3.28. The Balaban J connectivity index is 2.48. The summed E-state index contributed by atoms with van der Waals surface area (Å²) < 4.78 is 6.80. The number of nitrogens with one attached hydrogen (secondary N) is 1. The first-order valence-corrected chi connectivity index (χ1v) is 5.77. The Hall–Kier alpha value is -1.78. The van der Waals surface area contributed by atoms with Gasteiger partial charge in [0.05, 0.1) is 17.8 Å². The van der Waals surface area contributed by atoms with E-state index in [0.29, 0.717) is 18.2 Å². The van der Waals surface area contributed by atoms with Crippen LogP contribution in [0, 0.1) is 0 Å². The number of aryl methyl sites for hydroxylation is 1. The largest absolute Gasteiger partial charge is 0.461 e. The van der Waals surface area contributed by atoms with Gasteiger partial charge in [0.25, 0.3) is 0 Å². The topological polar surface area (TPSA) is 59.9 Å². The van der Waals surface area contributed by atoms with E-state index >= 15 is 0 Å². The standard InChI is InChI=1S/C12H17N3O2/c1-5-17-12(16)9-6-8-10(13-9)11(7(2)3)15(4)14-8/h6-7,13H,5H2,1-4H3. The Kier molecular flexibility index (Phi) is 2.92. The lowest BCUT2D eigenvalue weighted by Crippen LogP contribution is -2.06. The molecule has 2 aromatic rings. The smallest absolute Gasteiger partial charge is 0.354 e. The monoisotopic (exact) mass is 235 g/mol. The third-order valence-corrected chi connectivity index (χ3v) is 2.70. The minimum absolute atomic E-state index is 0.331. The van der Waals surface area contributed by atoms with Crippen LogP contribution in [0.4, 0.5) is 0 Å². The van der Waals surface area contributed by atoms with Crippen molar-refractivity contribution in [2.24, 2.45) is 7.05 Å². The fourth-order valence-corrected chi connectivity index (χ4v) is 2.08. The van der Waals surface area contributed by atoms with Crippen LogP contribution >= 0.6 is 0 Å². The minimum atomic E-state index is -0.331. The van der Waals surface area contributed by atoms with E-state index in [0.717, 1.165) is 16.7 Å². The number of hydrogen-bond acceptors (Lipinski definition) is 3. The van der Waals surface area contributed by atoms with Gasteiger partial charge in [0.2, 0.25) is 0 Å². The second-order valence-corrected chi connectivity index (χ2v) is 4.33. The molecule has 0 unspecified atom stereocenters. The Morgan fingerprint density at radius 3 is 2.88 bits per heavy atom. The lowest BCUT2D eigenvalue weighted by molar-refractivity contribution is 0.0520. The Labute approximate surface area is 99.8 Å². The molecule has 2 aromatic heterocycles. The molecule has 0 aliphatic carbocycles. The number of aromatic amines is 1. The second-order valence-electron chi connectivity index (χ2n) is 4.33. The highest BCUT2D eigenvalue weighted by atomic mass is 16.5. The van der Waals surface area contributed by atoms with Crippen molar-refractivity contribution in [2.45, 2.75) is 26.7 Å². The molecule has 0 aliphatic rings. The van der Waals surface area contributed by atoms with Crippen LogP contribution in [0.25, 0.3) is 11.0 Å². The van der Waals surface area contributed by atoms with E-state index in [4.69, 9.17) is 4.74 Å². The molecule has 0 aliphatic heterocycles. The molecule has 0 saturated carbocycles. The summed E-state index contributed by atoms with van der Waals surface area (Å²) in [5.74, 6) is 0.0153. The number of hydrogen-bond donors (Lipinski definition) is 1. The van der Waals surface area contributed by atoms with Crippen LogP contribution in [-0.4, -0.2) is 27.3 Å². The zero-order chi connectivity index (χ0) is 12.6. The van der Waals surface area contributed by atoms with Crippen LogP contribution in [-0.2, 0) is 11.8 Å². The van der Waals surface area contributed by atoms with Gasteiger partial charge in [0, 0.05) is 7.05 Å². The van der Waals surface area contributed by atoms with E-state index in [2.05, 4.69) is 23.9 Å². The van der Waals surface area contributed by atoms with Gasteiger partial charge in [0.15, 0.2) is 0 Å². The van der Waals surface area contributed by atoms with Gasteiger partial charge in [-0.1, -0.05) is 13.8 Å². The number of esters is 1. The molecule has 0 atom stereocenters. The van der Waals surface area contributed by atoms with Gasteiger partial charge in [0.1, 0.15) is 11.2 Å². The van der Waals surface area contributed by atoms with Crippen molar-refractivity contribution in [1.29, 1.82) is 0 Å². The van der Waals surface area contributed by atoms with Crippen LogP contribution in [0.2, 0.25) is 0 Å². The zero-order valence-corrected chi connectivity index (χ0v) is 10.6. The van der Waals surface area contributed by atoms with Gasteiger partial charge in [-0.25, -0.2) is 4.79 Å². The maximum Gasteiger partial charge on any atom is 0.354 e. The molecule has 5 heteroatoms. The van der Waals surface area contributed by atoms with Crippen LogP contribution in [0.15, 0.2) is 6.07 Å². The molecule has 5 nitrogen and oxygen atoms in total. The fraction of sp³-hybridized carbons (Fsp3) is 0.500. The highest BCUT2D eigenvalue weighted by Crippen LogP contribution is 2.24. The summed E-state index contributed by atoms with van der Waals surface area (Å²) in [6.07, 6.45) is 0. The van der Waals surface area contributed by atoms with Crippen LogP contribution in [0.1, 0.15) is 42.9 Å². The predicted molar refractivity (Wildman–Crippen MR) is 65.1 cm³/mol.